The molecule has 0 unspecified atom stereocenters. The number of benzene rings is 1. The third-order valence-corrected chi connectivity index (χ3v) is 3.84. The van der Waals surface area contributed by atoms with E-state index < -0.39 is 17.5 Å². The minimum Gasteiger partial charge on any atom is -0.359 e. The summed E-state index contributed by atoms with van der Waals surface area (Å²) in [6, 6.07) is 2.96. The lowest BCUT2D eigenvalue weighted by atomic mass is 10.1. The first-order chi connectivity index (χ1) is 10.5. The molecule has 0 saturated carbocycles. The average Bonchev–Trinajstić information content (AvgIpc) is 2.47. The van der Waals surface area contributed by atoms with Gasteiger partial charge in [0.2, 0.25) is 5.91 Å². The van der Waals surface area contributed by atoms with E-state index in [1.807, 2.05) is 22.6 Å². The van der Waals surface area contributed by atoms with Crippen molar-refractivity contribution >= 4 is 40.0 Å². The van der Waals surface area contributed by atoms with Crippen molar-refractivity contribution in [3.8, 4) is 0 Å². The number of pyridine rings is 1. The number of hydrogen-bond acceptors (Lipinski definition) is 3. The van der Waals surface area contributed by atoms with Gasteiger partial charge in [-0.2, -0.15) is 0 Å². The maximum absolute atomic E-state index is 13.8. The van der Waals surface area contributed by atoms with E-state index in [4.69, 9.17) is 0 Å². The molecule has 0 fully saturated rings. The second kappa shape index (κ2) is 5.75. The van der Waals surface area contributed by atoms with Crippen LogP contribution in [0, 0.1) is 21.0 Å². The largest absolute Gasteiger partial charge is 0.359 e. The number of anilines is 2. The zero-order chi connectivity index (χ0) is 15.9. The second-order valence-corrected chi connectivity index (χ2v) is 5.96. The fourth-order valence-corrected chi connectivity index (χ4v) is 2.62. The van der Waals surface area contributed by atoms with Crippen LogP contribution in [0.4, 0.5) is 24.7 Å². The van der Waals surface area contributed by atoms with E-state index in [2.05, 4.69) is 10.3 Å². The summed E-state index contributed by atoms with van der Waals surface area (Å²) in [6.07, 6.45) is 1.62. The summed E-state index contributed by atoms with van der Waals surface area (Å²) in [5.74, 6) is -3.13. The molecule has 1 aromatic heterocycles. The van der Waals surface area contributed by atoms with Crippen molar-refractivity contribution in [2.24, 2.45) is 0 Å². The third kappa shape index (κ3) is 2.74. The molecule has 0 spiro atoms. The molecule has 0 aliphatic carbocycles. The van der Waals surface area contributed by atoms with Gasteiger partial charge >= 0.3 is 0 Å². The van der Waals surface area contributed by atoms with Crippen LogP contribution in [-0.4, -0.2) is 17.4 Å². The maximum atomic E-state index is 13.8. The van der Waals surface area contributed by atoms with Crippen molar-refractivity contribution in [1.82, 2.24) is 4.98 Å². The molecule has 2 aromatic rings. The van der Waals surface area contributed by atoms with Gasteiger partial charge in [0, 0.05) is 21.4 Å². The molecule has 3 rings (SSSR count). The first kappa shape index (κ1) is 15.1. The van der Waals surface area contributed by atoms with Gasteiger partial charge in [0.1, 0.15) is 5.82 Å². The highest BCUT2D eigenvalue weighted by Crippen LogP contribution is 2.30. The Hall–Kier alpha value is -1.84. The van der Waals surface area contributed by atoms with Crippen molar-refractivity contribution in [2.75, 3.05) is 16.8 Å². The number of nitrogens with one attached hydrogen (secondary N) is 1. The lowest BCUT2D eigenvalue weighted by Crippen LogP contribution is -2.40. The molecular weight excluding hydrogens is 410 g/mol. The van der Waals surface area contributed by atoms with Gasteiger partial charge in [-0.25, -0.2) is 18.2 Å². The normalized spacial score (nSPS) is 13.8. The summed E-state index contributed by atoms with van der Waals surface area (Å²) in [7, 11) is 0. The van der Waals surface area contributed by atoms with E-state index in [9.17, 15) is 18.0 Å². The van der Waals surface area contributed by atoms with Crippen molar-refractivity contribution < 1.29 is 18.0 Å². The summed E-state index contributed by atoms with van der Waals surface area (Å²) < 4.78 is 40.9. The van der Waals surface area contributed by atoms with Crippen LogP contribution in [0.1, 0.15) is 5.56 Å². The number of hydrogen-bond donors (Lipinski definition) is 1. The molecule has 4 nitrogen and oxygen atoms in total. The predicted molar refractivity (Wildman–Crippen MR) is 82.9 cm³/mol. The summed E-state index contributed by atoms with van der Waals surface area (Å²) in [5, 5.41) is 2.86. The number of carbonyl (C=O) groups excluding carboxylic acids is 1. The van der Waals surface area contributed by atoms with Gasteiger partial charge in [-0.05, 0) is 34.7 Å². The van der Waals surface area contributed by atoms with Gasteiger partial charge in [0.15, 0.2) is 17.5 Å². The van der Waals surface area contributed by atoms with E-state index in [1.54, 1.807) is 12.3 Å². The van der Waals surface area contributed by atoms with E-state index in [0.29, 0.717) is 17.6 Å². The lowest BCUT2D eigenvalue weighted by Gasteiger charge is -2.29. The Balaban J connectivity index is 2.00. The zero-order valence-corrected chi connectivity index (χ0v) is 13.2. The SMILES string of the molecule is O=C1CNc2ncc(I)cc2N1Cc1cc(F)c(F)cc1F. The van der Waals surface area contributed by atoms with Gasteiger partial charge in [-0.15, -0.1) is 0 Å². The number of halogens is 4. The maximum Gasteiger partial charge on any atom is 0.246 e. The molecule has 8 heteroatoms. The minimum atomic E-state index is -1.26. The molecule has 0 radical (unpaired) electrons. The van der Waals surface area contributed by atoms with Crippen molar-refractivity contribution in [1.29, 1.82) is 0 Å². The Morgan fingerprint density at radius 2 is 1.91 bits per heavy atom. The molecular formula is C14H9F3IN3O. The number of aromatic nitrogens is 1. The Morgan fingerprint density at radius 1 is 1.18 bits per heavy atom. The highest BCUT2D eigenvalue weighted by molar-refractivity contribution is 14.1. The van der Waals surface area contributed by atoms with Gasteiger partial charge in [-0.3, -0.25) is 4.79 Å². The first-order valence-electron chi connectivity index (χ1n) is 6.29. The Bertz CT molecular complexity index is 769. The summed E-state index contributed by atoms with van der Waals surface area (Å²) >= 11 is 2.04. The van der Waals surface area contributed by atoms with Gasteiger partial charge in [0.25, 0.3) is 0 Å². The van der Waals surface area contributed by atoms with Gasteiger partial charge in [0.05, 0.1) is 18.8 Å². The molecule has 0 saturated heterocycles. The van der Waals surface area contributed by atoms with Crippen LogP contribution in [0.3, 0.4) is 0 Å². The number of rotatable bonds is 2. The molecule has 22 heavy (non-hydrogen) atoms. The van der Waals surface area contributed by atoms with Crippen molar-refractivity contribution in [2.45, 2.75) is 6.54 Å². The lowest BCUT2D eigenvalue weighted by molar-refractivity contribution is -0.117. The molecule has 1 aromatic carbocycles. The quantitative estimate of drug-likeness (QED) is 0.602. The number of fused-ring (bicyclic) bond motifs is 1. The average molecular weight is 419 g/mol. The van der Waals surface area contributed by atoms with E-state index >= 15 is 0 Å². The van der Waals surface area contributed by atoms with Crippen molar-refractivity contribution in [3.63, 3.8) is 0 Å². The van der Waals surface area contributed by atoms with E-state index in [1.165, 1.54) is 4.90 Å². The highest BCUT2D eigenvalue weighted by atomic mass is 127. The fourth-order valence-electron chi connectivity index (χ4n) is 2.19. The smallest absolute Gasteiger partial charge is 0.246 e. The molecule has 2 heterocycles. The van der Waals surface area contributed by atoms with Crippen LogP contribution >= 0.6 is 22.6 Å². The first-order valence-corrected chi connectivity index (χ1v) is 7.37. The second-order valence-electron chi connectivity index (χ2n) is 4.71. The van der Waals surface area contributed by atoms with E-state index in [0.717, 1.165) is 9.64 Å². The van der Waals surface area contributed by atoms with Crippen LogP contribution in [0.25, 0.3) is 0 Å². The van der Waals surface area contributed by atoms with Crippen LogP contribution in [0.15, 0.2) is 24.4 Å². The van der Waals surface area contributed by atoms with Gasteiger partial charge < -0.3 is 10.2 Å². The van der Waals surface area contributed by atoms with E-state index in [-0.39, 0.29) is 24.6 Å². The monoisotopic (exact) mass is 419 g/mol. The topological polar surface area (TPSA) is 45.2 Å². The van der Waals surface area contributed by atoms with Gasteiger partial charge in [-0.1, -0.05) is 0 Å². The van der Waals surface area contributed by atoms with Crippen LogP contribution < -0.4 is 10.2 Å². The minimum absolute atomic E-state index is 0.00584. The molecule has 1 amide bonds. The molecule has 1 aliphatic rings. The molecule has 1 aliphatic heterocycles. The molecule has 0 bridgehead atoms. The summed E-state index contributed by atoms with van der Waals surface area (Å²) in [5.41, 5.74) is 0.381. The number of nitrogens with zero attached hydrogens (tertiary/aromatic N) is 2. The third-order valence-electron chi connectivity index (χ3n) is 3.25. The molecule has 114 valence electrons. The van der Waals surface area contributed by atoms with Crippen LogP contribution in [0.2, 0.25) is 0 Å². The van der Waals surface area contributed by atoms with Crippen LogP contribution in [0.5, 0.6) is 0 Å². The Labute approximate surface area is 137 Å². The Kier molecular flexibility index (Phi) is 3.94. The molecule has 1 N–H and O–H groups in total. The van der Waals surface area contributed by atoms with Crippen molar-refractivity contribution in [3.05, 3.63) is 51.0 Å². The summed E-state index contributed by atoms with van der Waals surface area (Å²) in [6.45, 7) is -0.190. The predicted octanol–water partition coefficient (Wildman–Crippen LogP) is 3.06. The fraction of sp³-hybridized carbons (Fsp3) is 0.143. The standard InChI is InChI=1S/C14H9F3IN3O/c15-9-3-11(17)10(16)1-7(9)6-21-12-2-8(18)4-19-14(12)20-5-13(21)22/h1-4H,5-6H2,(H,19,20). The Morgan fingerprint density at radius 3 is 2.68 bits per heavy atom. The number of carbonyl (C=O) groups is 1. The summed E-state index contributed by atoms with van der Waals surface area (Å²) in [4.78, 5) is 17.5. The zero-order valence-electron chi connectivity index (χ0n) is 11.0. The van der Waals surface area contributed by atoms with Crippen LogP contribution in [-0.2, 0) is 11.3 Å². The highest BCUT2D eigenvalue weighted by Gasteiger charge is 2.26. The number of amides is 1. The molecule has 0 atom stereocenters.